The van der Waals surface area contributed by atoms with Crippen LogP contribution in [-0.2, 0) is 73.9 Å². The molecule has 6 fully saturated rings. The van der Waals surface area contributed by atoms with Crippen molar-refractivity contribution in [1.29, 1.82) is 5.41 Å². The van der Waals surface area contributed by atoms with Crippen LogP contribution in [0.2, 0.25) is 0 Å². The number of carbonyl (C=O) groups excluding carboxylic acids is 11. The predicted octanol–water partition coefficient (Wildman–Crippen LogP) is 8.50. The maximum absolute atomic E-state index is 13.3. The van der Waals surface area contributed by atoms with Gasteiger partial charge in [-0.1, -0.05) is 37.6 Å². The average Bonchev–Trinajstić information content (AvgIpc) is 1.51. The summed E-state index contributed by atoms with van der Waals surface area (Å²) < 4.78 is 36.8. The number of ketones is 6. The maximum atomic E-state index is 13.3. The van der Waals surface area contributed by atoms with Gasteiger partial charge in [-0.3, -0.25) is 43.8 Å². The Morgan fingerprint density at radius 2 is 0.877 bits per heavy atom. The van der Waals surface area contributed by atoms with Crippen LogP contribution in [0.3, 0.4) is 0 Å². The Balaban J connectivity index is 0.000000158. The van der Waals surface area contributed by atoms with Crippen LogP contribution in [0.25, 0.3) is 0 Å². The fourth-order valence-corrected chi connectivity index (χ4v) is 22.9. The number of likely N-dealkylation sites (tertiary alicyclic amines) is 3. The number of likely N-dealkylation sites (N-methyl/N-ethyl adjacent to an activating group) is 3. The van der Waals surface area contributed by atoms with Gasteiger partial charge in [0.15, 0.2) is 81.7 Å². The van der Waals surface area contributed by atoms with E-state index in [0.717, 1.165) is 126 Å². The van der Waals surface area contributed by atoms with Crippen molar-refractivity contribution in [3.63, 3.8) is 0 Å². The summed E-state index contributed by atoms with van der Waals surface area (Å²) in [6.45, 7) is 13.0. The van der Waals surface area contributed by atoms with Gasteiger partial charge in [0.05, 0.1) is 24.0 Å². The summed E-state index contributed by atoms with van der Waals surface area (Å²) in [5.41, 5.74) is 29.0. The van der Waals surface area contributed by atoms with Crippen molar-refractivity contribution in [2.24, 2.45) is 40.7 Å². The van der Waals surface area contributed by atoms with Crippen molar-refractivity contribution in [2.45, 2.75) is 278 Å². The first kappa shape index (κ1) is 90.4. The number of hydrogen-bond acceptors (Lipinski definition) is 24. The van der Waals surface area contributed by atoms with E-state index in [1.807, 2.05) is 25.1 Å². The lowest BCUT2D eigenvalue weighted by molar-refractivity contribution is -0.138. The molecule has 0 radical (unpaired) electrons. The zero-order valence-electron chi connectivity index (χ0n) is 72.7. The lowest BCUT2D eigenvalue weighted by atomic mass is 9.52. The van der Waals surface area contributed by atoms with Gasteiger partial charge < -0.3 is 91.4 Å². The first-order valence-corrected chi connectivity index (χ1v) is 44.7. The van der Waals surface area contributed by atoms with E-state index in [9.17, 15) is 52.7 Å². The zero-order chi connectivity index (χ0) is 87.4. The smallest absolute Gasteiger partial charge is 0.415 e. The third kappa shape index (κ3) is 18.0. The van der Waals surface area contributed by atoms with Gasteiger partial charge >= 0.3 is 18.3 Å². The van der Waals surface area contributed by atoms with Gasteiger partial charge in [0.2, 0.25) is 11.8 Å². The molecule has 15 atom stereocenters. The van der Waals surface area contributed by atoms with Crippen molar-refractivity contribution >= 4 is 70.6 Å². The lowest BCUT2D eigenvalue weighted by Gasteiger charge is -2.57. The average molecular weight is 1690 g/mol. The van der Waals surface area contributed by atoms with Crippen LogP contribution < -0.4 is 62.0 Å². The quantitative estimate of drug-likeness (QED) is 0.0165. The molecule has 0 aromatic heterocycles. The number of nitrogens with one attached hydrogen (secondary N) is 3. The van der Waals surface area contributed by atoms with E-state index in [4.69, 9.17) is 56.8 Å². The van der Waals surface area contributed by atoms with Crippen LogP contribution in [0, 0.1) is 23.2 Å². The fraction of sp³-hybridized carbons (Fsp3) is 0.652. The Kier molecular flexibility index (Phi) is 28.4. The summed E-state index contributed by atoms with van der Waals surface area (Å²) >= 11 is 0. The van der Waals surface area contributed by atoms with Crippen LogP contribution in [0.1, 0.15) is 221 Å². The number of unbranched alkanes of at least 4 members (excludes halogenated alkanes) is 3. The van der Waals surface area contributed by atoms with Gasteiger partial charge in [-0.15, -0.1) is 0 Å². The van der Waals surface area contributed by atoms with Crippen molar-refractivity contribution in [3.8, 4) is 34.5 Å². The topological polar surface area (TPSA) is 415 Å². The third-order valence-corrected chi connectivity index (χ3v) is 29.0. The number of Topliss-reactive ketones (excluding diaryl/α,β-unsaturated/α-hetero) is 6. The van der Waals surface area contributed by atoms with Crippen molar-refractivity contribution in [3.05, 3.63) is 82.1 Å². The minimum atomic E-state index is -0.600. The summed E-state index contributed by atoms with van der Waals surface area (Å²) in [6.07, 6.45) is 15.9. The van der Waals surface area contributed by atoms with E-state index >= 15 is 0 Å². The van der Waals surface area contributed by atoms with Crippen LogP contribution in [0.5, 0.6) is 34.5 Å². The monoisotopic (exact) mass is 1690 g/mol. The molecular formula is C92H129N13O17. The number of piperidine rings is 3. The molecule has 6 aliphatic carbocycles. The van der Waals surface area contributed by atoms with Crippen LogP contribution >= 0.6 is 0 Å². The molecule has 30 nitrogen and oxygen atoms in total. The van der Waals surface area contributed by atoms with Crippen molar-refractivity contribution in [1.82, 2.24) is 40.0 Å². The molecule has 15 rings (SSSR count). The molecule has 5 amide bonds. The van der Waals surface area contributed by atoms with Gasteiger partial charge in [0, 0.05) is 156 Å². The Hall–Kier alpha value is -9.36. The molecule has 3 saturated heterocycles. The normalized spacial score (nSPS) is 26.6. The van der Waals surface area contributed by atoms with Gasteiger partial charge in [-0.25, -0.2) is 14.4 Å². The number of hydrogen-bond donors (Lipinski definition) is 7. The van der Waals surface area contributed by atoms with Crippen molar-refractivity contribution in [2.75, 3.05) is 87.6 Å². The summed E-state index contributed by atoms with van der Waals surface area (Å²) in [5, 5.41) is 12.8. The SMILES string of the molecule is C=C(N)CCCC[C@H](N)C(=O)CCCN(C)C(=O)Oc1ccc2c3c1O[C@H]1C(=O)CCC4[C@@H](C2)N(C)CC[C@@]341.CC(=O)N[C@@H](CCCCN)C(=O)CCCN(C)C(=O)Oc1ccc2c3c1O[C@@H]1C(=O)CCC4[C@H](C2)N(C)CC[C@]341.CCN(CCCC(=O)[C@H](CCCCC(=N)N)NC(C)=O)C(=O)Oc1ccc2c3c1OC1C(=O)CCC4[C@@H](C2)N(C)CC[C@]314. The van der Waals surface area contributed by atoms with Crippen molar-refractivity contribution < 1.29 is 81.2 Å². The number of benzene rings is 3. The molecule has 3 spiro atoms. The minimum Gasteiger partial charge on any atom is -0.477 e. The molecule has 6 heterocycles. The largest absolute Gasteiger partial charge is 0.477 e. The summed E-state index contributed by atoms with van der Waals surface area (Å²) in [7, 11) is 9.82. The Morgan fingerprint density at radius 3 is 1.25 bits per heavy atom. The molecule has 4 unspecified atom stereocenters. The van der Waals surface area contributed by atoms with E-state index in [2.05, 4.69) is 53.1 Å². The van der Waals surface area contributed by atoms with E-state index in [1.54, 1.807) is 37.2 Å². The van der Waals surface area contributed by atoms with Crippen LogP contribution in [0.15, 0.2) is 48.7 Å². The Morgan fingerprint density at radius 1 is 0.516 bits per heavy atom. The molecule has 122 heavy (non-hydrogen) atoms. The second-order valence-electron chi connectivity index (χ2n) is 36.5. The van der Waals surface area contributed by atoms with E-state index in [1.165, 1.54) is 40.3 Å². The Bertz CT molecular complexity index is 4540. The fourth-order valence-electron chi connectivity index (χ4n) is 22.9. The number of amidine groups is 1. The molecular weight excluding hydrogens is 1560 g/mol. The predicted molar refractivity (Wildman–Crippen MR) is 457 cm³/mol. The number of ether oxygens (including phenoxy) is 6. The maximum Gasteiger partial charge on any atom is 0.415 e. The molecule has 6 aliphatic heterocycles. The lowest BCUT2D eigenvalue weighted by Crippen LogP contribution is -2.65. The van der Waals surface area contributed by atoms with Crippen LogP contribution in [0.4, 0.5) is 14.4 Å². The number of nitrogens with zero attached hydrogens (tertiary/aromatic N) is 6. The standard InChI is InChI=1S/C32H45N5O6.C30H42N4O6.C30H42N4O5/c1-4-37(16-7-9-24(39)22(35-19(2)38)8-5-6-10-27(33)34)31(41)42-26-14-11-20-18-23-21-12-13-25(40)30-32(21,15-17-36(23)3)28(20)29(26)43-30;1-18(35)32-21(7-4-5-14-31)23(36)8-6-15-34(3)29(38)39-25-12-9-19-17-22-20-10-11-24(37)28-30(20,13-16-33(22)2)26(19)27(25)40-28;1-18(31)7-4-5-8-21(32)23(35)9-6-15-34(3)29(37)38-25-13-10-19-17-22-20-11-12-24(36)28-30(20,14-16-33(22)2)26(19)27(25)39-28/h11,14,21-23,30H,4-10,12-13,15-18H2,1-3H3,(H3,33,34)(H,35,38);9,12,20-22,28H,4-8,10-11,13-17,31H2,1-3H3,(H,32,35);10,13,20-22,28H,1,4-9,11-12,14-17,31-32H2,2-3H3/t21?,22-,23+,30?,32-;20?,21-,22-,28+,30+;20?,21-,22+,28-,30-/m000/s1. The summed E-state index contributed by atoms with van der Waals surface area (Å²) in [5.74, 6) is 3.69. The molecule has 12 aliphatic rings. The highest BCUT2D eigenvalue weighted by Crippen LogP contribution is 2.67. The Labute approximate surface area is 716 Å². The number of nitrogens with two attached hydrogens (primary N) is 4. The number of allylic oxidation sites excluding steroid dienone is 1. The molecule has 3 saturated carbocycles. The second-order valence-corrected chi connectivity index (χ2v) is 36.5. The van der Waals surface area contributed by atoms with E-state index in [-0.39, 0.29) is 81.4 Å². The first-order valence-electron chi connectivity index (χ1n) is 44.7. The van der Waals surface area contributed by atoms with E-state index in [0.29, 0.717) is 192 Å². The van der Waals surface area contributed by atoms with Gasteiger partial charge in [-0.05, 0) is 235 Å². The minimum absolute atomic E-state index is 0.00267. The van der Waals surface area contributed by atoms with Gasteiger partial charge in [0.1, 0.15) is 5.78 Å². The molecule has 3 aromatic carbocycles. The summed E-state index contributed by atoms with van der Waals surface area (Å²) in [6, 6.07) is 11.0. The molecule has 11 N–H and O–H groups in total. The third-order valence-electron chi connectivity index (χ3n) is 29.0. The highest BCUT2D eigenvalue weighted by atomic mass is 16.6. The first-order chi connectivity index (χ1) is 58.4. The van der Waals surface area contributed by atoms with Gasteiger partial charge in [0.25, 0.3) is 0 Å². The highest BCUT2D eigenvalue weighted by molar-refractivity contribution is 5.93. The molecule has 3 aromatic rings. The highest BCUT2D eigenvalue weighted by Gasteiger charge is 2.69. The van der Waals surface area contributed by atoms with E-state index < -0.39 is 54.7 Å². The zero-order valence-corrected chi connectivity index (χ0v) is 72.7. The summed E-state index contributed by atoms with van der Waals surface area (Å²) in [4.78, 5) is 152. The number of rotatable bonds is 35. The molecule has 6 bridgehead atoms. The number of amides is 5. The number of carbonyl (C=O) groups is 11. The molecule has 30 heteroatoms. The van der Waals surface area contributed by atoms with Crippen LogP contribution in [-0.4, -0.2) is 242 Å². The second kappa shape index (κ2) is 38.4. The molecule has 664 valence electrons. The van der Waals surface area contributed by atoms with Gasteiger partial charge in [-0.2, -0.15) is 0 Å².